The van der Waals surface area contributed by atoms with Crippen LogP contribution in [-0.2, 0) is 10.2 Å². The molecule has 1 amide bonds. The molecular weight excluding hydrogens is 238 g/mol. The van der Waals surface area contributed by atoms with Crippen LogP contribution in [0.2, 0.25) is 0 Å². The highest BCUT2D eigenvalue weighted by molar-refractivity contribution is 5.73. The van der Waals surface area contributed by atoms with Crippen LogP contribution in [0.1, 0.15) is 43.0 Å². The number of benzene rings is 1. The Bertz CT molecular complexity index is 490. The summed E-state index contributed by atoms with van der Waals surface area (Å²) in [6, 6.07) is 2.18. The summed E-state index contributed by atoms with van der Waals surface area (Å²) in [4.78, 5) is 11.1. The zero-order chi connectivity index (χ0) is 14.8. The summed E-state index contributed by atoms with van der Waals surface area (Å²) in [6.07, 6.45) is 0. The van der Waals surface area contributed by atoms with E-state index in [1.54, 1.807) is 14.0 Å². The smallest absolute Gasteiger partial charge is 0.216 e. The monoisotopic (exact) mass is 263 g/mol. The number of aryl methyl sites for hydroxylation is 2. The number of rotatable bonds is 4. The van der Waals surface area contributed by atoms with Gasteiger partial charge in [-0.1, -0.05) is 19.9 Å². The van der Waals surface area contributed by atoms with Gasteiger partial charge in [-0.25, -0.2) is 0 Å². The van der Waals surface area contributed by atoms with Crippen LogP contribution in [-0.4, -0.2) is 19.6 Å². The maximum Gasteiger partial charge on any atom is 0.216 e. The Morgan fingerprint density at radius 2 is 1.84 bits per heavy atom. The predicted molar refractivity (Wildman–Crippen MR) is 78.9 cm³/mol. The van der Waals surface area contributed by atoms with E-state index >= 15 is 0 Å². The van der Waals surface area contributed by atoms with Gasteiger partial charge in [-0.2, -0.15) is 0 Å². The van der Waals surface area contributed by atoms with Crippen LogP contribution in [0.3, 0.4) is 0 Å². The fourth-order valence-corrected chi connectivity index (χ4v) is 2.58. The lowest BCUT2D eigenvalue weighted by Gasteiger charge is -2.30. The van der Waals surface area contributed by atoms with Crippen molar-refractivity contribution in [2.75, 3.05) is 13.7 Å². The Morgan fingerprint density at radius 1 is 1.26 bits per heavy atom. The van der Waals surface area contributed by atoms with Crippen LogP contribution in [0.15, 0.2) is 6.07 Å². The largest absolute Gasteiger partial charge is 0.496 e. The highest BCUT2D eigenvalue weighted by Crippen LogP contribution is 2.37. The predicted octanol–water partition coefficient (Wildman–Crippen LogP) is 3.03. The molecule has 19 heavy (non-hydrogen) atoms. The van der Waals surface area contributed by atoms with Gasteiger partial charge in [0.1, 0.15) is 5.75 Å². The van der Waals surface area contributed by atoms with Gasteiger partial charge in [0.15, 0.2) is 0 Å². The third-order valence-electron chi connectivity index (χ3n) is 3.65. The molecule has 3 nitrogen and oxygen atoms in total. The molecule has 0 aromatic heterocycles. The minimum atomic E-state index is -0.167. The second-order valence-corrected chi connectivity index (χ2v) is 5.84. The maximum absolute atomic E-state index is 11.1. The van der Waals surface area contributed by atoms with Crippen molar-refractivity contribution in [2.24, 2.45) is 0 Å². The molecule has 0 saturated carbocycles. The topological polar surface area (TPSA) is 38.3 Å². The summed E-state index contributed by atoms with van der Waals surface area (Å²) in [5.74, 6) is 0.932. The Hall–Kier alpha value is -1.51. The normalized spacial score (nSPS) is 11.3. The van der Waals surface area contributed by atoms with Crippen LogP contribution in [0.5, 0.6) is 5.75 Å². The first-order valence-corrected chi connectivity index (χ1v) is 6.60. The quantitative estimate of drug-likeness (QED) is 0.906. The number of hydrogen-bond acceptors (Lipinski definition) is 2. The van der Waals surface area contributed by atoms with E-state index in [0.29, 0.717) is 6.54 Å². The molecule has 3 heteroatoms. The molecule has 0 saturated heterocycles. The lowest BCUT2D eigenvalue weighted by atomic mass is 9.79. The minimum Gasteiger partial charge on any atom is -0.496 e. The van der Waals surface area contributed by atoms with Gasteiger partial charge in [0.25, 0.3) is 0 Å². The van der Waals surface area contributed by atoms with E-state index in [9.17, 15) is 4.79 Å². The Labute approximate surface area is 116 Å². The van der Waals surface area contributed by atoms with Gasteiger partial charge in [0, 0.05) is 24.4 Å². The molecule has 106 valence electrons. The second kappa shape index (κ2) is 5.64. The Kier molecular flexibility index (Phi) is 4.61. The van der Waals surface area contributed by atoms with E-state index in [1.165, 1.54) is 22.3 Å². The average molecular weight is 263 g/mol. The molecule has 1 rings (SSSR count). The first kappa shape index (κ1) is 15.5. The van der Waals surface area contributed by atoms with Crippen LogP contribution < -0.4 is 10.1 Å². The van der Waals surface area contributed by atoms with Crippen molar-refractivity contribution in [1.82, 2.24) is 5.32 Å². The van der Waals surface area contributed by atoms with E-state index in [2.05, 4.69) is 46.0 Å². The molecule has 0 fully saturated rings. The summed E-state index contributed by atoms with van der Waals surface area (Å²) in [7, 11) is 1.71. The van der Waals surface area contributed by atoms with Crippen LogP contribution >= 0.6 is 0 Å². The Morgan fingerprint density at radius 3 is 2.32 bits per heavy atom. The third-order valence-corrected chi connectivity index (χ3v) is 3.65. The number of methoxy groups -OCH3 is 1. The number of carbonyl (C=O) groups is 1. The summed E-state index contributed by atoms with van der Waals surface area (Å²) in [5.41, 5.74) is 4.61. The molecule has 0 aliphatic rings. The number of carbonyl (C=O) groups excluding carboxylic acids is 1. The molecule has 1 N–H and O–H groups in total. The van der Waals surface area contributed by atoms with E-state index in [4.69, 9.17) is 4.74 Å². The van der Waals surface area contributed by atoms with Crippen molar-refractivity contribution in [3.63, 3.8) is 0 Å². The van der Waals surface area contributed by atoms with Crippen molar-refractivity contribution >= 4 is 5.91 Å². The molecule has 0 aliphatic heterocycles. The van der Waals surface area contributed by atoms with Crippen molar-refractivity contribution in [3.05, 3.63) is 28.3 Å². The van der Waals surface area contributed by atoms with Gasteiger partial charge in [0.2, 0.25) is 5.91 Å². The highest BCUT2D eigenvalue weighted by atomic mass is 16.5. The van der Waals surface area contributed by atoms with Gasteiger partial charge in [-0.15, -0.1) is 0 Å². The zero-order valence-electron chi connectivity index (χ0n) is 13.1. The van der Waals surface area contributed by atoms with Gasteiger partial charge in [-0.05, 0) is 37.5 Å². The Balaban J connectivity index is 3.32. The summed E-state index contributed by atoms with van der Waals surface area (Å²) < 4.78 is 5.62. The van der Waals surface area contributed by atoms with Crippen molar-refractivity contribution in [2.45, 2.75) is 47.0 Å². The molecule has 0 aliphatic carbocycles. The van der Waals surface area contributed by atoms with E-state index < -0.39 is 0 Å². The van der Waals surface area contributed by atoms with Gasteiger partial charge in [0.05, 0.1) is 7.11 Å². The van der Waals surface area contributed by atoms with E-state index in [0.717, 1.165) is 5.75 Å². The molecule has 0 atom stereocenters. The van der Waals surface area contributed by atoms with Crippen molar-refractivity contribution < 1.29 is 9.53 Å². The van der Waals surface area contributed by atoms with Crippen LogP contribution in [0.4, 0.5) is 0 Å². The highest BCUT2D eigenvalue weighted by Gasteiger charge is 2.28. The van der Waals surface area contributed by atoms with Crippen LogP contribution in [0.25, 0.3) is 0 Å². The molecule has 0 bridgehead atoms. The molecular formula is C16H25NO2. The molecule has 1 aromatic carbocycles. The summed E-state index contributed by atoms with van der Waals surface area (Å²) >= 11 is 0. The zero-order valence-corrected chi connectivity index (χ0v) is 13.1. The third kappa shape index (κ3) is 3.28. The summed E-state index contributed by atoms with van der Waals surface area (Å²) in [5, 5.41) is 2.90. The number of hydrogen-bond donors (Lipinski definition) is 1. The van der Waals surface area contributed by atoms with Crippen molar-refractivity contribution in [1.29, 1.82) is 0 Å². The van der Waals surface area contributed by atoms with Crippen LogP contribution in [0, 0.1) is 20.8 Å². The van der Waals surface area contributed by atoms with Crippen molar-refractivity contribution in [3.8, 4) is 5.75 Å². The number of amides is 1. The van der Waals surface area contributed by atoms with E-state index in [1.807, 2.05) is 0 Å². The molecule has 0 spiro atoms. The lowest BCUT2D eigenvalue weighted by Crippen LogP contribution is -2.36. The summed E-state index contributed by atoms with van der Waals surface area (Å²) in [6.45, 7) is 12.7. The van der Waals surface area contributed by atoms with Gasteiger partial charge >= 0.3 is 0 Å². The first-order valence-electron chi connectivity index (χ1n) is 6.60. The molecule has 1 aromatic rings. The molecule has 0 heterocycles. The number of nitrogens with one attached hydrogen (secondary N) is 1. The SMILES string of the molecule is COc1c(C)c(C)cc(C)c1C(C)(C)CNC(C)=O. The number of ether oxygens (including phenoxy) is 1. The van der Waals surface area contributed by atoms with E-state index in [-0.39, 0.29) is 11.3 Å². The van der Waals surface area contributed by atoms with Gasteiger partial charge < -0.3 is 10.1 Å². The molecule has 0 radical (unpaired) electrons. The molecule has 0 unspecified atom stereocenters. The second-order valence-electron chi connectivity index (χ2n) is 5.84. The lowest BCUT2D eigenvalue weighted by molar-refractivity contribution is -0.119. The fraction of sp³-hybridized carbons (Fsp3) is 0.562. The fourth-order valence-electron chi connectivity index (χ4n) is 2.58. The minimum absolute atomic E-state index is 0.00599. The average Bonchev–Trinajstić information content (AvgIpc) is 2.30. The maximum atomic E-state index is 11.1. The first-order chi connectivity index (χ1) is 8.70. The van der Waals surface area contributed by atoms with Gasteiger partial charge in [-0.3, -0.25) is 4.79 Å². The standard InChI is InChI=1S/C16H25NO2/c1-10-8-11(2)14(15(19-7)12(10)3)16(5,6)9-17-13(4)18/h8H,9H2,1-7H3,(H,17,18).